The molecule has 0 radical (unpaired) electrons. The number of hydrogen-bond acceptors (Lipinski definition) is 6. The molecule has 4 rings (SSSR count). The van der Waals surface area contributed by atoms with Gasteiger partial charge in [-0.15, -0.1) is 5.10 Å². The molecule has 1 atom stereocenters. The second-order valence-corrected chi connectivity index (χ2v) is 7.97. The van der Waals surface area contributed by atoms with E-state index in [4.69, 9.17) is 16.3 Å². The van der Waals surface area contributed by atoms with E-state index in [2.05, 4.69) is 20.6 Å². The van der Waals surface area contributed by atoms with Gasteiger partial charge < -0.3 is 10.1 Å². The van der Waals surface area contributed by atoms with Crippen LogP contribution in [0.15, 0.2) is 67.0 Å². The predicted octanol–water partition coefficient (Wildman–Crippen LogP) is 3.16. The van der Waals surface area contributed by atoms with E-state index in [1.54, 1.807) is 24.3 Å². The quantitative estimate of drug-likeness (QED) is 0.357. The second kappa shape index (κ2) is 11.0. The summed E-state index contributed by atoms with van der Waals surface area (Å²) in [6.45, 7) is 0.301. The van der Waals surface area contributed by atoms with Crippen LogP contribution in [-0.2, 0) is 20.9 Å². The van der Waals surface area contributed by atoms with E-state index >= 15 is 0 Å². The van der Waals surface area contributed by atoms with Crippen LogP contribution in [0.25, 0.3) is 11.0 Å². The van der Waals surface area contributed by atoms with Gasteiger partial charge in [0.1, 0.15) is 23.9 Å². The lowest BCUT2D eigenvalue weighted by molar-refractivity contribution is -0.127. The highest BCUT2D eigenvalue weighted by molar-refractivity contribution is 6.31. The van der Waals surface area contributed by atoms with E-state index in [-0.39, 0.29) is 30.4 Å². The van der Waals surface area contributed by atoms with Gasteiger partial charge in [-0.2, -0.15) is 0 Å². The molecule has 0 aliphatic heterocycles. The summed E-state index contributed by atoms with van der Waals surface area (Å²) in [6, 6.07) is 13.2. The first-order valence-corrected chi connectivity index (χ1v) is 11.1. The van der Waals surface area contributed by atoms with Crippen LogP contribution in [0.4, 0.5) is 10.1 Å². The van der Waals surface area contributed by atoms with Crippen LogP contribution in [0, 0.1) is 5.82 Å². The van der Waals surface area contributed by atoms with E-state index in [9.17, 15) is 14.0 Å². The van der Waals surface area contributed by atoms with Crippen LogP contribution in [0.3, 0.4) is 0 Å². The minimum absolute atomic E-state index is 0.181. The standard InChI is InChI=1S/C24H22ClFN6O3/c1-35-13-12-28-24(34)23(16-8-10-27-11-9-16)32(17-6-7-19(26)18(25)14-17)22(33)15-31-21-5-3-2-4-20(21)29-30-31/h2-11,14,23H,12-13,15H2,1H3,(H,28,34)/t23-/m1/s1. The van der Waals surface area contributed by atoms with Gasteiger partial charge in [-0.3, -0.25) is 19.5 Å². The van der Waals surface area contributed by atoms with E-state index < -0.39 is 23.7 Å². The fourth-order valence-electron chi connectivity index (χ4n) is 3.65. The third-order valence-corrected chi connectivity index (χ3v) is 5.58. The molecule has 0 saturated heterocycles. The molecular weight excluding hydrogens is 475 g/mol. The molecule has 0 aliphatic carbocycles. The van der Waals surface area contributed by atoms with E-state index in [1.807, 2.05) is 12.1 Å². The second-order valence-electron chi connectivity index (χ2n) is 7.56. The van der Waals surface area contributed by atoms with Crippen molar-refractivity contribution in [2.24, 2.45) is 0 Å². The number of rotatable bonds is 9. The lowest BCUT2D eigenvalue weighted by atomic mass is 10.0. The molecular formula is C24H22ClFN6O3. The first-order chi connectivity index (χ1) is 17.0. The zero-order valence-electron chi connectivity index (χ0n) is 18.8. The monoisotopic (exact) mass is 496 g/mol. The average molecular weight is 497 g/mol. The van der Waals surface area contributed by atoms with Gasteiger partial charge in [-0.1, -0.05) is 28.9 Å². The van der Waals surface area contributed by atoms with Crippen LogP contribution in [0.5, 0.6) is 0 Å². The fourth-order valence-corrected chi connectivity index (χ4v) is 3.82. The number of ether oxygens (including phenoxy) is 1. The number of nitrogens with one attached hydrogen (secondary N) is 1. The number of methoxy groups -OCH3 is 1. The van der Waals surface area contributed by atoms with Gasteiger partial charge >= 0.3 is 0 Å². The van der Waals surface area contributed by atoms with Crippen molar-refractivity contribution in [1.82, 2.24) is 25.3 Å². The third kappa shape index (κ3) is 5.44. The van der Waals surface area contributed by atoms with Gasteiger partial charge in [0.15, 0.2) is 0 Å². The SMILES string of the molecule is COCCNC(=O)[C@@H](c1ccncc1)N(C(=O)Cn1nnc2ccccc21)c1ccc(F)c(Cl)c1. The molecule has 0 bridgehead atoms. The zero-order chi connectivity index (χ0) is 24.8. The van der Waals surface area contributed by atoms with Crippen molar-refractivity contribution >= 4 is 40.1 Å². The number of aromatic nitrogens is 4. The summed E-state index contributed by atoms with van der Waals surface area (Å²) in [5.41, 5.74) is 2.03. The molecule has 0 fully saturated rings. The molecule has 2 aromatic carbocycles. The van der Waals surface area contributed by atoms with Gasteiger partial charge in [0.2, 0.25) is 11.8 Å². The maximum absolute atomic E-state index is 14.0. The van der Waals surface area contributed by atoms with Crippen molar-refractivity contribution in [3.63, 3.8) is 0 Å². The molecule has 1 N–H and O–H groups in total. The lowest BCUT2D eigenvalue weighted by Gasteiger charge is -2.31. The number of pyridine rings is 1. The number of hydrogen-bond donors (Lipinski definition) is 1. The van der Waals surface area contributed by atoms with E-state index in [0.29, 0.717) is 16.6 Å². The molecule has 180 valence electrons. The lowest BCUT2D eigenvalue weighted by Crippen LogP contribution is -2.46. The number of carbonyl (C=O) groups excluding carboxylic acids is 2. The molecule has 0 saturated carbocycles. The predicted molar refractivity (Wildman–Crippen MR) is 128 cm³/mol. The molecule has 2 aromatic heterocycles. The Bertz CT molecular complexity index is 1330. The van der Waals surface area contributed by atoms with E-state index in [1.165, 1.54) is 41.2 Å². The molecule has 2 amide bonds. The normalized spacial score (nSPS) is 11.9. The summed E-state index contributed by atoms with van der Waals surface area (Å²) in [6.07, 6.45) is 3.05. The molecule has 0 spiro atoms. The first-order valence-electron chi connectivity index (χ1n) is 10.7. The summed E-state index contributed by atoms with van der Waals surface area (Å²) < 4.78 is 20.4. The van der Waals surface area contributed by atoms with Gasteiger partial charge in [-0.05, 0) is 48.0 Å². The number of anilines is 1. The smallest absolute Gasteiger partial charge is 0.249 e. The Morgan fingerprint density at radius 2 is 1.94 bits per heavy atom. The number of benzene rings is 2. The molecule has 0 unspecified atom stereocenters. The van der Waals surface area contributed by atoms with Gasteiger partial charge in [0.25, 0.3) is 0 Å². The molecule has 2 heterocycles. The van der Waals surface area contributed by atoms with Crippen molar-refractivity contribution in [3.8, 4) is 0 Å². The fraction of sp³-hybridized carbons (Fsp3) is 0.208. The summed E-state index contributed by atoms with van der Waals surface area (Å²) in [7, 11) is 1.52. The Hall–Kier alpha value is -3.89. The largest absolute Gasteiger partial charge is 0.383 e. The number of nitrogens with zero attached hydrogens (tertiary/aromatic N) is 5. The van der Waals surface area contributed by atoms with Crippen LogP contribution in [0.2, 0.25) is 5.02 Å². The summed E-state index contributed by atoms with van der Waals surface area (Å²) in [4.78, 5) is 32.5. The molecule has 4 aromatic rings. The van der Waals surface area contributed by atoms with Crippen LogP contribution >= 0.6 is 11.6 Å². The van der Waals surface area contributed by atoms with Crippen molar-refractivity contribution in [2.45, 2.75) is 12.6 Å². The van der Waals surface area contributed by atoms with Gasteiger partial charge in [0.05, 0.1) is 17.1 Å². The highest BCUT2D eigenvalue weighted by Crippen LogP contribution is 2.31. The highest BCUT2D eigenvalue weighted by atomic mass is 35.5. The van der Waals surface area contributed by atoms with Crippen molar-refractivity contribution in [1.29, 1.82) is 0 Å². The van der Waals surface area contributed by atoms with E-state index in [0.717, 1.165) is 6.07 Å². The summed E-state index contributed by atoms with van der Waals surface area (Å²) in [5.74, 6) is -1.58. The third-order valence-electron chi connectivity index (χ3n) is 5.29. The first kappa shape index (κ1) is 24.2. The number of fused-ring (bicyclic) bond motifs is 1. The minimum atomic E-state index is -1.10. The van der Waals surface area contributed by atoms with Crippen LogP contribution < -0.4 is 10.2 Å². The van der Waals surface area contributed by atoms with Crippen LogP contribution in [-0.4, -0.2) is 52.1 Å². The Labute approximate surface area is 205 Å². The molecule has 9 nitrogen and oxygen atoms in total. The summed E-state index contributed by atoms with van der Waals surface area (Å²) >= 11 is 6.05. The number of halogens is 2. The van der Waals surface area contributed by atoms with Crippen molar-refractivity contribution < 1.29 is 18.7 Å². The summed E-state index contributed by atoms with van der Waals surface area (Å²) in [5, 5.41) is 10.8. The number of para-hydroxylation sites is 1. The molecule has 0 aliphatic rings. The zero-order valence-corrected chi connectivity index (χ0v) is 19.5. The Balaban J connectivity index is 1.78. The maximum Gasteiger partial charge on any atom is 0.249 e. The highest BCUT2D eigenvalue weighted by Gasteiger charge is 2.33. The van der Waals surface area contributed by atoms with Gasteiger partial charge in [0, 0.05) is 31.7 Å². The van der Waals surface area contributed by atoms with Crippen molar-refractivity contribution in [2.75, 3.05) is 25.2 Å². The van der Waals surface area contributed by atoms with Crippen LogP contribution in [0.1, 0.15) is 11.6 Å². The number of amides is 2. The number of carbonyl (C=O) groups is 2. The Morgan fingerprint density at radius 1 is 1.17 bits per heavy atom. The maximum atomic E-state index is 14.0. The molecule has 35 heavy (non-hydrogen) atoms. The molecule has 11 heteroatoms. The minimum Gasteiger partial charge on any atom is -0.383 e. The van der Waals surface area contributed by atoms with Crippen molar-refractivity contribution in [3.05, 3.63) is 83.4 Å². The Kier molecular flexibility index (Phi) is 7.64. The topological polar surface area (TPSA) is 102 Å². The Morgan fingerprint density at radius 3 is 2.69 bits per heavy atom. The van der Waals surface area contributed by atoms with Gasteiger partial charge in [-0.25, -0.2) is 9.07 Å². The average Bonchev–Trinajstić information content (AvgIpc) is 3.27.